The number of ether oxygens (including phenoxy) is 2. The lowest BCUT2D eigenvalue weighted by molar-refractivity contribution is -0.159. The molecular weight excluding hydrogens is 444 g/mol. The molecule has 35 heavy (non-hydrogen) atoms. The molecule has 0 spiro atoms. The fraction of sp³-hybridized carbons (Fsp3) is 0.519. The van der Waals surface area contributed by atoms with Crippen LogP contribution in [0.15, 0.2) is 42.6 Å². The van der Waals surface area contributed by atoms with Crippen LogP contribution in [0.25, 0.3) is 0 Å². The Morgan fingerprint density at radius 2 is 1.91 bits per heavy atom. The standard InChI is InChI=1S/C27H36N4O4/c1-7-34-26(33)23-20(27(2,3)4)21(28)22(17-12-10-14-29-24(17)30(5)6)31(23)25(32)19-15-16-11-8-9-13-18(16)35-19/h8-14,19-23H,7,15,28H2,1-6H3/t19-,20+,21+,22+,23+/m1/s1. The normalized spacial score (nSPS) is 25.7. The molecule has 0 bridgehead atoms. The average Bonchev–Trinajstić information content (AvgIpc) is 3.37. The molecule has 0 aliphatic carbocycles. The highest BCUT2D eigenvalue weighted by Gasteiger charge is 2.59. The van der Waals surface area contributed by atoms with E-state index in [1.807, 2.05) is 76.2 Å². The Morgan fingerprint density at radius 3 is 2.54 bits per heavy atom. The summed E-state index contributed by atoms with van der Waals surface area (Å²) in [6.45, 7) is 8.13. The van der Waals surface area contributed by atoms with Gasteiger partial charge in [-0.25, -0.2) is 9.78 Å². The van der Waals surface area contributed by atoms with Crippen LogP contribution in [0.3, 0.4) is 0 Å². The number of fused-ring (bicyclic) bond motifs is 1. The van der Waals surface area contributed by atoms with Gasteiger partial charge >= 0.3 is 5.97 Å². The van der Waals surface area contributed by atoms with Gasteiger partial charge in [-0.05, 0) is 30.0 Å². The van der Waals surface area contributed by atoms with Gasteiger partial charge in [0, 0.05) is 44.2 Å². The lowest BCUT2D eigenvalue weighted by atomic mass is 9.73. The van der Waals surface area contributed by atoms with Crippen molar-refractivity contribution < 1.29 is 19.1 Å². The third-order valence-electron chi connectivity index (χ3n) is 6.98. The van der Waals surface area contributed by atoms with E-state index in [9.17, 15) is 9.59 Å². The zero-order chi connectivity index (χ0) is 25.5. The van der Waals surface area contributed by atoms with Crippen molar-refractivity contribution in [2.24, 2.45) is 17.1 Å². The van der Waals surface area contributed by atoms with E-state index in [-0.39, 0.29) is 23.8 Å². The second-order valence-electron chi connectivity index (χ2n) is 10.6. The Bertz CT molecular complexity index is 1070. The number of carbonyl (C=O) groups excluding carboxylic acids is 2. The molecule has 1 fully saturated rings. The molecule has 188 valence electrons. The van der Waals surface area contributed by atoms with Crippen molar-refractivity contribution in [2.45, 2.75) is 58.3 Å². The quantitative estimate of drug-likeness (QED) is 0.657. The maximum Gasteiger partial charge on any atom is 0.329 e. The Hall–Kier alpha value is -3.13. The maximum absolute atomic E-state index is 14.2. The minimum absolute atomic E-state index is 0.218. The number of nitrogens with zero attached hydrogens (tertiary/aromatic N) is 3. The summed E-state index contributed by atoms with van der Waals surface area (Å²) in [6, 6.07) is 9.48. The maximum atomic E-state index is 14.2. The van der Waals surface area contributed by atoms with E-state index in [2.05, 4.69) is 4.98 Å². The SMILES string of the molecule is CCOC(=O)[C@@H]1[C@@H](C(C)(C)C)[C@H](N)[C@H](c2cccnc2N(C)C)N1C(=O)[C@H]1Cc2ccccc2O1. The van der Waals surface area contributed by atoms with Crippen molar-refractivity contribution in [2.75, 3.05) is 25.6 Å². The lowest BCUT2D eigenvalue weighted by Crippen LogP contribution is -2.51. The van der Waals surface area contributed by atoms with Crippen molar-refractivity contribution in [1.29, 1.82) is 0 Å². The predicted molar refractivity (Wildman–Crippen MR) is 134 cm³/mol. The summed E-state index contributed by atoms with van der Waals surface area (Å²) in [5.74, 6) is 0.360. The highest BCUT2D eigenvalue weighted by molar-refractivity contribution is 5.90. The Morgan fingerprint density at radius 1 is 1.20 bits per heavy atom. The van der Waals surface area contributed by atoms with Gasteiger partial charge in [0.1, 0.15) is 17.6 Å². The third-order valence-corrected chi connectivity index (χ3v) is 6.98. The number of benzene rings is 1. The summed E-state index contributed by atoms with van der Waals surface area (Å²) in [4.78, 5) is 35.8. The number of nitrogens with two attached hydrogens (primary N) is 1. The fourth-order valence-electron chi connectivity index (χ4n) is 5.61. The first-order chi connectivity index (χ1) is 16.6. The molecule has 8 heteroatoms. The molecule has 2 N–H and O–H groups in total. The van der Waals surface area contributed by atoms with E-state index >= 15 is 0 Å². The van der Waals surface area contributed by atoms with E-state index in [0.717, 1.165) is 11.1 Å². The van der Waals surface area contributed by atoms with E-state index in [1.165, 1.54) is 0 Å². The molecule has 1 aromatic carbocycles. The van der Waals surface area contributed by atoms with E-state index in [1.54, 1.807) is 18.0 Å². The first kappa shape index (κ1) is 25.0. The number of anilines is 1. The number of para-hydroxylation sites is 1. The summed E-state index contributed by atoms with van der Waals surface area (Å²) in [5.41, 5.74) is 8.36. The molecule has 0 radical (unpaired) electrons. The van der Waals surface area contributed by atoms with Crippen molar-refractivity contribution in [1.82, 2.24) is 9.88 Å². The van der Waals surface area contributed by atoms with Gasteiger partial charge in [0.2, 0.25) is 0 Å². The molecule has 1 saturated heterocycles. The topological polar surface area (TPSA) is 98.0 Å². The number of carbonyl (C=O) groups is 2. The van der Waals surface area contributed by atoms with E-state index in [4.69, 9.17) is 15.2 Å². The number of likely N-dealkylation sites (tertiary alicyclic amines) is 1. The smallest absolute Gasteiger partial charge is 0.329 e. The Labute approximate surface area is 207 Å². The van der Waals surface area contributed by atoms with Crippen LogP contribution < -0.4 is 15.4 Å². The third kappa shape index (κ3) is 4.47. The Kier molecular flexibility index (Phi) is 6.77. The van der Waals surface area contributed by atoms with Gasteiger partial charge in [-0.1, -0.05) is 45.0 Å². The van der Waals surface area contributed by atoms with E-state index < -0.39 is 30.2 Å². The summed E-state index contributed by atoms with van der Waals surface area (Å²) in [7, 11) is 3.80. The molecule has 0 unspecified atom stereocenters. The molecule has 8 nitrogen and oxygen atoms in total. The van der Waals surface area contributed by atoms with Gasteiger partial charge in [0.15, 0.2) is 6.10 Å². The van der Waals surface area contributed by atoms with E-state index in [0.29, 0.717) is 18.0 Å². The fourth-order valence-corrected chi connectivity index (χ4v) is 5.61. The number of aromatic nitrogens is 1. The average molecular weight is 481 g/mol. The molecule has 3 heterocycles. The summed E-state index contributed by atoms with van der Waals surface area (Å²) in [5, 5.41) is 0. The highest BCUT2D eigenvalue weighted by atomic mass is 16.5. The molecule has 1 amide bonds. The van der Waals surface area contributed by atoms with Crippen molar-refractivity contribution >= 4 is 17.7 Å². The van der Waals surface area contributed by atoms with Crippen LogP contribution in [0.4, 0.5) is 5.82 Å². The number of esters is 1. The van der Waals surface area contributed by atoms with Crippen LogP contribution in [-0.2, 0) is 20.7 Å². The zero-order valence-corrected chi connectivity index (χ0v) is 21.4. The van der Waals surface area contributed by atoms with Gasteiger partial charge in [0.05, 0.1) is 12.6 Å². The van der Waals surface area contributed by atoms with Crippen molar-refractivity contribution in [3.8, 4) is 5.75 Å². The van der Waals surface area contributed by atoms with Crippen molar-refractivity contribution in [3.05, 3.63) is 53.7 Å². The second kappa shape index (κ2) is 9.49. The molecule has 1 aromatic heterocycles. The number of rotatable bonds is 5. The zero-order valence-electron chi connectivity index (χ0n) is 21.4. The largest absolute Gasteiger partial charge is 0.480 e. The van der Waals surface area contributed by atoms with Crippen LogP contribution in [0.5, 0.6) is 5.75 Å². The molecule has 5 atom stereocenters. The number of hydrogen-bond donors (Lipinski definition) is 1. The molecule has 4 rings (SSSR count). The molecular formula is C27H36N4O4. The summed E-state index contributed by atoms with van der Waals surface area (Å²) < 4.78 is 11.6. The highest BCUT2D eigenvalue weighted by Crippen LogP contribution is 2.49. The molecule has 2 aromatic rings. The lowest BCUT2D eigenvalue weighted by Gasteiger charge is -2.35. The predicted octanol–water partition coefficient (Wildman–Crippen LogP) is 2.96. The van der Waals surface area contributed by atoms with Crippen LogP contribution in [0, 0.1) is 11.3 Å². The van der Waals surface area contributed by atoms with Crippen LogP contribution in [-0.4, -0.2) is 60.7 Å². The first-order valence-electron chi connectivity index (χ1n) is 12.2. The van der Waals surface area contributed by atoms with Gasteiger partial charge in [-0.2, -0.15) is 0 Å². The van der Waals surface area contributed by atoms with Gasteiger partial charge < -0.3 is 25.0 Å². The van der Waals surface area contributed by atoms with Crippen LogP contribution >= 0.6 is 0 Å². The van der Waals surface area contributed by atoms with Crippen LogP contribution in [0.2, 0.25) is 0 Å². The minimum Gasteiger partial charge on any atom is -0.480 e. The summed E-state index contributed by atoms with van der Waals surface area (Å²) >= 11 is 0. The Balaban J connectivity index is 1.84. The van der Waals surface area contributed by atoms with Gasteiger partial charge in [0.25, 0.3) is 5.91 Å². The number of hydrogen-bond acceptors (Lipinski definition) is 7. The molecule has 2 aliphatic rings. The second-order valence-corrected chi connectivity index (χ2v) is 10.6. The van der Waals surface area contributed by atoms with Gasteiger partial charge in [-0.15, -0.1) is 0 Å². The number of amides is 1. The van der Waals surface area contributed by atoms with Crippen molar-refractivity contribution in [3.63, 3.8) is 0 Å². The molecule has 2 aliphatic heterocycles. The monoisotopic (exact) mass is 480 g/mol. The van der Waals surface area contributed by atoms with Crippen LogP contribution in [0.1, 0.15) is 44.9 Å². The number of pyridine rings is 1. The summed E-state index contributed by atoms with van der Waals surface area (Å²) in [6.07, 6.45) is 1.42. The molecule has 0 saturated carbocycles. The minimum atomic E-state index is -0.843. The first-order valence-corrected chi connectivity index (χ1v) is 12.2. The van der Waals surface area contributed by atoms with Gasteiger partial charge in [-0.3, -0.25) is 4.79 Å².